The van der Waals surface area contributed by atoms with Gasteiger partial charge in [0.1, 0.15) is 5.60 Å². The third kappa shape index (κ3) is 6.40. The van der Waals surface area contributed by atoms with Crippen molar-refractivity contribution < 1.29 is 14.3 Å². The summed E-state index contributed by atoms with van der Waals surface area (Å²) in [7, 11) is 0. The van der Waals surface area contributed by atoms with Crippen molar-refractivity contribution in [1.82, 2.24) is 9.47 Å². The summed E-state index contributed by atoms with van der Waals surface area (Å²) in [6.07, 6.45) is 6.05. The standard InChI is InChI=1S/C30H38N2O3/c1-30(2,3)35-29(34)32-26-17-12-11-16-24(26)25-19-21-31(22-23-14-8-7-9-15-23)20-13-6-4-5-10-18-27(33)28(25)32/h7-9,11-12,14-17H,4-6,10,13,18-22H2,1-3H3. The van der Waals surface area contributed by atoms with Crippen LogP contribution in [-0.4, -0.2) is 40.0 Å². The summed E-state index contributed by atoms with van der Waals surface area (Å²) in [6, 6.07) is 18.4. The number of hydrogen-bond acceptors (Lipinski definition) is 4. The van der Waals surface area contributed by atoms with E-state index in [-0.39, 0.29) is 5.78 Å². The molecule has 2 heterocycles. The summed E-state index contributed by atoms with van der Waals surface area (Å²) in [5, 5.41) is 0.969. The zero-order chi connectivity index (χ0) is 24.8. The molecule has 0 radical (unpaired) electrons. The molecular weight excluding hydrogens is 436 g/mol. The highest BCUT2D eigenvalue weighted by atomic mass is 16.6. The summed E-state index contributed by atoms with van der Waals surface area (Å²) in [4.78, 5) is 29.5. The van der Waals surface area contributed by atoms with Crippen LogP contribution in [0.1, 0.15) is 80.9 Å². The Morgan fingerprint density at radius 3 is 2.31 bits per heavy atom. The smallest absolute Gasteiger partial charge is 0.419 e. The highest BCUT2D eigenvalue weighted by molar-refractivity contribution is 6.07. The fourth-order valence-corrected chi connectivity index (χ4v) is 5.00. The normalized spacial score (nSPS) is 16.7. The molecule has 5 heteroatoms. The van der Waals surface area contributed by atoms with Crippen LogP contribution in [0.3, 0.4) is 0 Å². The third-order valence-corrected chi connectivity index (χ3v) is 6.62. The van der Waals surface area contributed by atoms with Crippen LogP contribution in [0.15, 0.2) is 54.6 Å². The lowest BCUT2D eigenvalue weighted by Crippen LogP contribution is -2.29. The van der Waals surface area contributed by atoms with Gasteiger partial charge in [0.2, 0.25) is 0 Å². The molecule has 0 aliphatic carbocycles. The quantitative estimate of drug-likeness (QED) is 0.401. The van der Waals surface area contributed by atoms with E-state index < -0.39 is 11.7 Å². The van der Waals surface area contributed by atoms with E-state index in [1.165, 1.54) is 12.0 Å². The molecular formula is C30H38N2O3. The Morgan fingerprint density at radius 2 is 1.54 bits per heavy atom. The highest BCUT2D eigenvalue weighted by Crippen LogP contribution is 2.30. The van der Waals surface area contributed by atoms with Gasteiger partial charge in [-0.05, 0) is 63.8 Å². The van der Waals surface area contributed by atoms with E-state index in [1.54, 1.807) is 4.57 Å². The Kier molecular flexibility index (Phi) is 8.07. The van der Waals surface area contributed by atoms with Gasteiger partial charge in [-0.3, -0.25) is 9.69 Å². The number of carbonyl (C=O) groups excluding carboxylic acids is 2. The van der Waals surface area contributed by atoms with E-state index in [0.29, 0.717) is 18.5 Å². The van der Waals surface area contributed by atoms with Crippen molar-refractivity contribution in [2.24, 2.45) is 0 Å². The minimum atomic E-state index is -0.645. The van der Waals surface area contributed by atoms with E-state index in [0.717, 1.165) is 61.8 Å². The summed E-state index contributed by atoms with van der Waals surface area (Å²) in [5.74, 6) is 0.0379. The molecule has 35 heavy (non-hydrogen) atoms. The highest BCUT2D eigenvalue weighted by Gasteiger charge is 2.29. The second-order valence-electron chi connectivity index (χ2n) is 10.6. The first-order chi connectivity index (χ1) is 16.8. The molecule has 186 valence electrons. The number of aromatic nitrogens is 1. The van der Waals surface area contributed by atoms with E-state index in [2.05, 4.69) is 29.2 Å². The van der Waals surface area contributed by atoms with Crippen molar-refractivity contribution in [1.29, 1.82) is 0 Å². The molecule has 0 bridgehead atoms. The van der Waals surface area contributed by atoms with Crippen LogP contribution >= 0.6 is 0 Å². The predicted octanol–water partition coefficient (Wildman–Crippen LogP) is 7.01. The van der Waals surface area contributed by atoms with Crippen molar-refractivity contribution in [2.75, 3.05) is 13.1 Å². The number of para-hydroxylation sites is 1. The molecule has 2 aromatic carbocycles. The van der Waals surface area contributed by atoms with Gasteiger partial charge in [0.25, 0.3) is 0 Å². The number of carbonyl (C=O) groups is 2. The van der Waals surface area contributed by atoms with Gasteiger partial charge in [0.15, 0.2) is 5.78 Å². The number of fused-ring (bicyclic) bond motifs is 3. The molecule has 1 aliphatic heterocycles. The summed E-state index contributed by atoms with van der Waals surface area (Å²) < 4.78 is 7.30. The fourth-order valence-electron chi connectivity index (χ4n) is 5.00. The van der Waals surface area contributed by atoms with Crippen LogP contribution in [0.25, 0.3) is 10.9 Å². The predicted molar refractivity (Wildman–Crippen MR) is 141 cm³/mol. The molecule has 0 fully saturated rings. The van der Waals surface area contributed by atoms with Gasteiger partial charge < -0.3 is 4.74 Å². The Hall–Kier alpha value is -2.92. The molecule has 0 N–H and O–H groups in total. The number of benzene rings is 2. The second-order valence-corrected chi connectivity index (χ2v) is 10.6. The van der Waals surface area contributed by atoms with Gasteiger partial charge in [-0.2, -0.15) is 0 Å². The maximum absolute atomic E-state index is 13.6. The molecule has 0 spiro atoms. The lowest BCUT2D eigenvalue weighted by atomic mass is 10.0. The van der Waals surface area contributed by atoms with E-state index >= 15 is 0 Å². The van der Waals surface area contributed by atoms with Gasteiger partial charge in [0, 0.05) is 24.9 Å². The van der Waals surface area contributed by atoms with Crippen LogP contribution in [0, 0.1) is 0 Å². The van der Waals surface area contributed by atoms with Crippen LogP contribution in [0.5, 0.6) is 0 Å². The lowest BCUT2D eigenvalue weighted by molar-refractivity contribution is 0.0534. The Balaban J connectivity index is 1.75. The Bertz CT molecular complexity index is 1160. The van der Waals surface area contributed by atoms with Crippen LogP contribution < -0.4 is 0 Å². The number of nitrogens with zero attached hydrogens (tertiary/aromatic N) is 2. The number of ketones is 1. The van der Waals surface area contributed by atoms with Crippen molar-refractivity contribution in [2.45, 2.75) is 77.9 Å². The zero-order valence-electron chi connectivity index (χ0n) is 21.4. The van der Waals surface area contributed by atoms with E-state index in [9.17, 15) is 9.59 Å². The zero-order valence-corrected chi connectivity index (χ0v) is 21.4. The average molecular weight is 475 g/mol. The molecule has 4 rings (SSSR count). The van der Waals surface area contributed by atoms with Gasteiger partial charge in [-0.25, -0.2) is 9.36 Å². The topological polar surface area (TPSA) is 51.5 Å². The second kappa shape index (κ2) is 11.2. The molecule has 0 saturated carbocycles. The first-order valence-electron chi connectivity index (χ1n) is 13.0. The average Bonchev–Trinajstić information content (AvgIpc) is 3.15. The van der Waals surface area contributed by atoms with Gasteiger partial charge >= 0.3 is 6.09 Å². The molecule has 5 nitrogen and oxygen atoms in total. The maximum atomic E-state index is 13.6. The molecule has 1 aromatic heterocycles. The summed E-state index contributed by atoms with van der Waals surface area (Å²) >= 11 is 0. The molecule has 0 saturated heterocycles. The van der Waals surface area contributed by atoms with E-state index in [1.807, 2.05) is 51.1 Å². The molecule has 1 aliphatic rings. The summed E-state index contributed by atoms with van der Waals surface area (Å²) in [5.41, 5.74) is 2.88. The van der Waals surface area contributed by atoms with Crippen molar-refractivity contribution >= 4 is 22.8 Å². The SMILES string of the molecule is CC(C)(C)OC(=O)n1c2c(c3ccccc31)CCN(Cc1ccccc1)CCCCCCCC2=O. The van der Waals surface area contributed by atoms with Crippen molar-refractivity contribution in [3.05, 3.63) is 71.4 Å². The number of hydrogen-bond donors (Lipinski definition) is 0. The first-order valence-corrected chi connectivity index (χ1v) is 13.0. The molecule has 0 unspecified atom stereocenters. The van der Waals surface area contributed by atoms with Crippen molar-refractivity contribution in [3.63, 3.8) is 0 Å². The van der Waals surface area contributed by atoms with Crippen LogP contribution in [0.4, 0.5) is 4.79 Å². The summed E-state index contributed by atoms with van der Waals surface area (Å²) in [6.45, 7) is 8.32. The number of Topliss-reactive ketones (excluding diaryl/α,β-unsaturated/α-hetero) is 1. The van der Waals surface area contributed by atoms with Crippen molar-refractivity contribution in [3.8, 4) is 0 Å². The van der Waals surface area contributed by atoms with Gasteiger partial charge in [-0.15, -0.1) is 0 Å². The molecule has 0 atom stereocenters. The first kappa shape index (κ1) is 25.2. The Morgan fingerprint density at radius 1 is 0.857 bits per heavy atom. The largest absolute Gasteiger partial charge is 0.443 e. The number of ether oxygens (including phenoxy) is 1. The van der Waals surface area contributed by atoms with Gasteiger partial charge in [-0.1, -0.05) is 67.8 Å². The van der Waals surface area contributed by atoms with E-state index in [4.69, 9.17) is 4.74 Å². The minimum absolute atomic E-state index is 0.0379. The monoisotopic (exact) mass is 474 g/mol. The fraction of sp³-hybridized carbons (Fsp3) is 0.467. The number of rotatable bonds is 2. The third-order valence-electron chi connectivity index (χ3n) is 6.62. The molecule has 3 aromatic rings. The maximum Gasteiger partial charge on any atom is 0.419 e. The minimum Gasteiger partial charge on any atom is -0.443 e. The van der Waals surface area contributed by atoms with Crippen LogP contribution in [0.2, 0.25) is 0 Å². The van der Waals surface area contributed by atoms with Crippen LogP contribution in [-0.2, 0) is 17.7 Å². The Labute approximate surface area is 209 Å². The molecule has 0 amide bonds. The lowest BCUT2D eigenvalue weighted by Gasteiger charge is -2.23. The van der Waals surface area contributed by atoms with Gasteiger partial charge in [0.05, 0.1) is 11.2 Å².